The number of ether oxygens (including phenoxy) is 1. The van der Waals surface area contributed by atoms with Gasteiger partial charge >= 0.3 is 0 Å². The first-order valence-electron chi connectivity index (χ1n) is 11.1. The summed E-state index contributed by atoms with van der Waals surface area (Å²) in [6.45, 7) is 6.62. The van der Waals surface area contributed by atoms with Crippen LogP contribution in [0.25, 0.3) is 0 Å². The van der Waals surface area contributed by atoms with Crippen LogP contribution in [0.4, 0.5) is 0 Å². The van der Waals surface area contributed by atoms with Gasteiger partial charge in [-0.05, 0) is 36.6 Å². The van der Waals surface area contributed by atoms with Gasteiger partial charge in [-0.2, -0.15) is 0 Å². The fourth-order valence-corrected chi connectivity index (χ4v) is 3.98. The number of aromatic nitrogens is 1. The SMILES string of the molecule is C=CCNC(=O)c1cn(Cc2ccc(C)o2)cc(C(=O)NC[C@H]2OCCc3ccccc32)c1=O. The largest absolute Gasteiger partial charge is 0.464 e. The van der Waals surface area contributed by atoms with E-state index in [0.29, 0.717) is 12.4 Å². The van der Waals surface area contributed by atoms with Gasteiger partial charge < -0.3 is 24.4 Å². The highest BCUT2D eigenvalue weighted by atomic mass is 16.5. The van der Waals surface area contributed by atoms with Crippen molar-refractivity contribution in [1.29, 1.82) is 0 Å². The molecule has 4 rings (SSSR count). The Hall–Kier alpha value is -3.91. The fourth-order valence-electron chi connectivity index (χ4n) is 3.98. The van der Waals surface area contributed by atoms with Crippen molar-refractivity contribution in [1.82, 2.24) is 15.2 Å². The quantitative estimate of drug-likeness (QED) is 0.502. The number of hydrogen-bond donors (Lipinski definition) is 2. The number of nitrogens with one attached hydrogen (secondary N) is 2. The Morgan fingerprint density at radius 2 is 1.85 bits per heavy atom. The highest BCUT2D eigenvalue weighted by Crippen LogP contribution is 2.26. The summed E-state index contributed by atoms with van der Waals surface area (Å²) in [6.07, 6.45) is 4.90. The van der Waals surface area contributed by atoms with Gasteiger partial charge in [0.05, 0.1) is 13.2 Å². The Kier molecular flexibility index (Phi) is 7.08. The fraction of sp³-hybridized carbons (Fsp3) is 0.269. The third-order valence-electron chi connectivity index (χ3n) is 5.65. The summed E-state index contributed by atoms with van der Waals surface area (Å²) in [7, 11) is 0. The number of carbonyl (C=O) groups excluding carboxylic acids is 2. The molecule has 0 unspecified atom stereocenters. The van der Waals surface area contributed by atoms with Crippen molar-refractivity contribution in [3.8, 4) is 0 Å². The van der Waals surface area contributed by atoms with E-state index in [4.69, 9.17) is 9.15 Å². The molecule has 1 aromatic carbocycles. The molecule has 1 aliphatic heterocycles. The van der Waals surface area contributed by atoms with E-state index in [2.05, 4.69) is 17.2 Å². The zero-order valence-electron chi connectivity index (χ0n) is 19.0. The standard InChI is InChI=1S/C26H27N3O5/c1-3-11-27-25(31)21-15-29(14-19-9-8-17(2)34-19)16-22(24(21)30)26(32)28-13-23-20-7-5-4-6-18(20)10-12-33-23/h3-9,15-16,23H,1,10-14H2,2H3,(H,27,31)(H,28,32)/t23-/m1/s1. The van der Waals surface area contributed by atoms with E-state index < -0.39 is 17.2 Å². The second-order valence-electron chi connectivity index (χ2n) is 8.12. The van der Waals surface area contributed by atoms with Crippen LogP contribution < -0.4 is 16.1 Å². The lowest BCUT2D eigenvalue weighted by Crippen LogP contribution is -2.37. The van der Waals surface area contributed by atoms with Crippen LogP contribution in [0.1, 0.15) is 49.5 Å². The van der Waals surface area contributed by atoms with Crippen molar-refractivity contribution in [2.45, 2.75) is 26.0 Å². The molecule has 2 amide bonds. The van der Waals surface area contributed by atoms with Gasteiger partial charge in [-0.25, -0.2) is 0 Å². The maximum absolute atomic E-state index is 13.1. The molecule has 0 bridgehead atoms. The summed E-state index contributed by atoms with van der Waals surface area (Å²) in [5.41, 5.74) is 1.31. The molecule has 0 saturated carbocycles. The highest BCUT2D eigenvalue weighted by molar-refractivity contribution is 5.99. The first-order chi connectivity index (χ1) is 16.5. The van der Waals surface area contributed by atoms with Gasteiger partial charge in [0.25, 0.3) is 11.8 Å². The number of amides is 2. The molecule has 2 aromatic heterocycles. The molecule has 2 N–H and O–H groups in total. The molecular weight excluding hydrogens is 434 g/mol. The lowest BCUT2D eigenvalue weighted by molar-refractivity contribution is 0.0411. The summed E-state index contributed by atoms with van der Waals surface area (Å²) in [5.74, 6) is 0.232. The summed E-state index contributed by atoms with van der Waals surface area (Å²) in [4.78, 5) is 38.7. The lowest BCUT2D eigenvalue weighted by atomic mass is 9.97. The van der Waals surface area contributed by atoms with Crippen LogP contribution in [-0.2, 0) is 17.7 Å². The number of fused-ring (bicyclic) bond motifs is 1. The van der Waals surface area contributed by atoms with Crippen molar-refractivity contribution >= 4 is 11.8 Å². The Morgan fingerprint density at radius 1 is 1.12 bits per heavy atom. The third-order valence-corrected chi connectivity index (χ3v) is 5.65. The monoisotopic (exact) mass is 461 g/mol. The first kappa shape index (κ1) is 23.3. The second kappa shape index (κ2) is 10.4. The van der Waals surface area contributed by atoms with Crippen molar-refractivity contribution < 1.29 is 18.7 Å². The number of nitrogens with zero attached hydrogens (tertiary/aromatic N) is 1. The zero-order chi connectivity index (χ0) is 24.1. The van der Waals surface area contributed by atoms with Crippen LogP contribution in [0.5, 0.6) is 0 Å². The number of furan rings is 1. The van der Waals surface area contributed by atoms with Crippen LogP contribution in [-0.4, -0.2) is 36.1 Å². The third kappa shape index (κ3) is 5.18. The summed E-state index contributed by atoms with van der Waals surface area (Å²) < 4.78 is 13.1. The molecule has 0 saturated heterocycles. The molecule has 3 aromatic rings. The molecule has 8 nitrogen and oxygen atoms in total. The normalized spacial score (nSPS) is 14.8. The minimum Gasteiger partial charge on any atom is -0.464 e. The van der Waals surface area contributed by atoms with Gasteiger partial charge in [0.1, 0.15) is 28.8 Å². The topological polar surface area (TPSA) is 103 Å². The van der Waals surface area contributed by atoms with Gasteiger partial charge in [0, 0.05) is 25.5 Å². The minimum absolute atomic E-state index is 0.126. The second-order valence-corrected chi connectivity index (χ2v) is 8.12. The Morgan fingerprint density at radius 3 is 2.56 bits per heavy atom. The molecule has 34 heavy (non-hydrogen) atoms. The summed E-state index contributed by atoms with van der Waals surface area (Å²) in [6, 6.07) is 11.6. The first-order valence-corrected chi connectivity index (χ1v) is 11.1. The molecule has 1 aliphatic rings. The van der Waals surface area contributed by atoms with Crippen molar-refractivity contribution in [2.75, 3.05) is 19.7 Å². The van der Waals surface area contributed by atoms with E-state index in [-0.39, 0.29) is 36.9 Å². The van der Waals surface area contributed by atoms with Crippen LogP contribution in [0.3, 0.4) is 0 Å². The van der Waals surface area contributed by atoms with Gasteiger partial charge in [0.2, 0.25) is 5.43 Å². The Bertz CT molecular complexity index is 1270. The van der Waals surface area contributed by atoms with Gasteiger partial charge in [0.15, 0.2) is 0 Å². The lowest BCUT2D eigenvalue weighted by Gasteiger charge is -2.26. The number of aryl methyl sites for hydroxylation is 1. The highest BCUT2D eigenvalue weighted by Gasteiger charge is 2.23. The van der Waals surface area contributed by atoms with Gasteiger partial charge in [-0.3, -0.25) is 14.4 Å². The van der Waals surface area contributed by atoms with E-state index in [1.807, 2.05) is 43.3 Å². The van der Waals surface area contributed by atoms with Crippen LogP contribution in [0.2, 0.25) is 0 Å². The number of rotatable bonds is 8. The van der Waals surface area contributed by atoms with Crippen molar-refractivity contribution in [2.24, 2.45) is 0 Å². The molecule has 8 heteroatoms. The van der Waals surface area contributed by atoms with Crippen LogP contribution in [0, 0.1) is 6.92 Å². The number of hydrogen-bond acceptors (Lipinski definition) is 5. The number of pyridine rings is 1. The predicted octanol–water partition coefficient (Wildman–Crippen LogP) is 2.76. The van der Waals surface area contributed by atoms with Gasteiger partial charge in [-0.15, -0.1) is 6.58 Å². The van der Waals surface area contributed by atoms with Crippen molar-refractivity contribution in [3.63, 3.8) is 0 Å². The van der Waals surface area contributed by atoms with E-state index in [0.717, 1.165) is 17.7 Å². The molecule has 3 heterocycles. The summed E-state index contributed by atoms with van der Waals surface area (Å²) in [5, 5.41) is 5.41. The molecule has 0 radical (unpaired) electrons. The van der Waals surface area contributed by atoms with E-state index >= 15 is 0 Å². The van der Waals surface area contributed by atoms with E-state index in [1.165, 1.54) is 24.0 Å². The molecule has 0 aliphatic carbocycles. The maximum Gasteiger partial charge on any atom is 0.257 e. The molecular formula is C26H27N3O5. The minimum atomic E-state index is -0.643. The molecule has 176 valence electrons. The molecule has 1 atom stereocenters. The van der Waals surface area contributed by atoms with E-state index in [9.17, 15) is 14.4 Å². The Labute approximate surface area is 197 Å². The maximum atomic E-state index is 13.1. The average molecular weight is 462 g/mol. The molecule has 0 fully saturated rings. The van der Waals surface area contributed by atoms with Gasteiger partial charge in [-0.1, -0.05) is 30.3 Å². The molecule has 0 spiro atoms. The van der Waals surface area contributed by atoms with Crippen molar-refractivity contribution in [3.05, 3.63) is 105 Å². The zero-order valence-corrected chi connectivity index (χ0v) is 19.0. The summed E-state index contributed by atoms with van der Waals surface area (Å²) >= 11 is 0. The number of benzene rings is 1. The van der Waals surface area contributed by atoms with E-state index in [1.54, 1.807) is 4.57 Å². The number of carbonyl (C=O) groups is 2. The van der Waals surface area contributed by atoms with Crippen LogP contribution in [0.15, 0.2) is 70.7 Å². The predicted molar refractivity (Wildman–Crippen MR) is 127 cm³/mol. The van der Waals surface area contributed by atoms with Crippen LogP contribution >= 0.6 is 0 Å². The smallest absolute Gasteiger partial charge is 0.257 e. The average Bonchev–Trinajstić information content (AvgIpc) is 3.26. The Balaban J connectivity index is 1.59.